The van der Waals surface area contributed by atoms with Gasteiger partial charge in [0.1, 0.15) is 0 Å². The molecule has 0 bridgehead atoms. The molecule has 33 heavy (non-hydrogen) atoms. The number of fused-ring (bicyclic) bond motifs is 1. The quantitative estimate of drug-likeness (QED) is 0.329. The van der Waals surface area contributed by atoms with Gasteiger partial charge in [0.25, 0.3) is 0 Å². The van der Waals surface area contributed by atoms with Gasteiger partial charge in [0.05, 0.1) is 11.2 Å². The number of rotatable bonds is 4. The van der Waals surface area contributed by atoms with Crippen LogP contribution < -0.4 is 0 Å². The van der Waals surface area contributed by atoms with Gasteiger partial charge in [-0.25, -0.2) is 3.97 Å². The van der Waals surface area contributed by atoms with Gasteiger partial charge in [-0.1, -0.05) is 18.2 Å². The lowest BCUT2D eigenvalue weighted by Gasteiger charge is -2.20. The topological polar surface area (TPSA) is 56.9 Å². The third-order valence-corrected chi connectivity index (χ3v) is 7.09. The molecule has 5 nitrogen and oxygen atoms in total. The van der Waals surface area contributed by atoms with Crippen LogP contribution in [-0.2, 0) is 22.7 Å². The number of aromatic nitrogens is 3. The molecule has 0 fully saturated rings. The molecule has 0 aliphatic heterocycles. The number of halogens is 6. The molecule has 0 spiro atoms. The number of nitrogens with zero attached hydrogens (tertiary/aromatic N) is 3. The normalized spacial score (nSPS) is 17.7. The van der Waals surface area contributed by atoms with Crippen molar-refractivity contribution in [2.45, 2.75) is 50.3 Å². The summed E-state index contributed by atoms with van der Waals surface area (Å²) >= 11 is 0. The van der Waals surface area contributed by atoms with Crippen LogP contribution in [0.25, 0.3) is 22.2 Å². The average Bonchev–Trinajstić information content (AvgIpc) is 3.35. The van der Waals surface area contributed by atoms with Crippen LogP contribution in [-0.4, -0.2) is 27.7 Å². The molecule has 3 aromatic rings. The van der Waals surface area contributed by atoms with Crippen molar-refractivity contribution in [3.63, 3.8) is 0 Å². The maximum atomic E-state index is 13.5. The van der Waals surface area contributed by atoms with Gasteiger partial charge >= 0.3 is 21.7 Å². The number of aryl methyl sites for hydroxylation is 1. The van der Waals surface area contributed by atoms with Crippen molar-refractivity contribution in [1.82, 2.24) is 13.8 Å². The Morgan fingerprint density at radius 3 is 2.39 bits per heavy atom. The lowest BCUT2D eigenvalue weighted by molar-refractivity contribution is -0.141. The van der Waals surface area contributed by atoms with Gasteiger partial charge < -0.3 is 0 Å². The van der Waals surface area contributed by atoms with Crippen LogP contribution in [0.4, 0.5) is 26.3 Å². The molecule has 1 aromatic carbocycles. The Bertz CT molecular complexity index is 1330. The zero-order chi connectivity index (χ0) is 24.2. The highest BCUT2D eigenvalue weighted by Gasteiger charge is 2.49. The minimum Gasteiger partial charge on any atom is -0.265 e. The number of benzene rings is 1. The highest BCUT2D eigenvalue weighted by atomic mass is 32.2. The third-order valence-electron chi connectivity index (χ3n) is 5.62. The predicted molar refractivity (Wildman–Crippen MR) is 110 cm³/mol. The van der Waals surface area contributed by atoms with Crippen molar-refractivity contribution < 1.29 is 34.8 Å². The summed E-state index contributed by atoms with van der Waals surface area (Å²) in [6, 6.07) is 6.09. The lowest BCUT2D eigenvalue weighted by Crippen LogP contribution is -2.31. The first kappa shape index (κ1) is 23.4. The fourth-order valence-corrected chi connectivity index (χ4v) is 5.19. The molecule has 2 aromatic heterocycles. The van der Waals surface area contributed by atoms with Crippen LogP contribution in [0.1, 0.15) is 43.5 Å². The van der Waals surface area contributed by atoms with Crippen molar-refractivity contribution in [3.05, 3.63) is 53.9 Å². The van der Waals surface area contributed by atoms with E-state index in [9.17, 15) is 34.8 Å². The van der Waals surface area contributed by atoms with Gasteiger partial charge in [0, 0.05) is 29.1 Å². The van der Waals surface area contributed by atoms with Crippen molar-refractivity contribution in [3.8, 4) is 11.3 Å². The minimum atomic E-state index is -5.73. The van der Waals surface area contributed by atoms with Gasteiger partial charge in [-0.3, -0.25) is 4.68 Å². The second kappa shape index (κ2) is 7.93. The smallest absolute Gasteiger partial charge is 0.265 e. The molecule has 178 valence electrons. The molecule has 12 heteroatoms. The highest BCUT2D eigenvalue weighted by Crippen LogP contribution is 2.39. The Hall–Kier alpha value is -2.76. The Morgan fingerprint density at radius 2 is 1.82 bits per heavy atom. The fraction of sp³-hybridized carbons (Fsp3) is 0.381. The van der Waals surface area contributed by atoms with Crippen molar-refractivity contribution >= 4 is 20.9 Å². The number of hydrogen-bond donors (Lipinski definition) is 0. The van der Waals surface area contributed by atoms with E-state index in [0.29, 0.717) is 16.8 Å². The molecule has 2 heterocycles. The number of allylic oxidation sites excluding steroid dienone is 2. The Kier molecular flexibility index (Phi) is 5.62. The van der Waals surface area contributed by atoms with E-state index < -0.39 is 33.3 Å². The monoisotopic (exact) mass is 491 g/mol. The SMILES string of the molecule is CCn1nc(C(F)(F)F)cc1-c1ccc2c(c1)cc(C1C=CCCC1)n2S(=O)(=O)C(F)(F)F. The van der Waals surface area contributed by atoms with E-state index in [0.717, 1.165) is 17.2 Å². The fourth-order valence-electron chi connectivity index (χ4n) is 4.09. The molecule has 0 saturated carbocycles. The van der Waals surface area contributed by atoms with Gasteiger partial charge in [-0.05, 0) is 50.5 Å². The highest BCUT2D eigenvalue weighted by molar-refractivity contribution is 7.91. The van der Waals surface area contributed by atoms with Crippen LogP contribution in [0.2, 0.25) is 0 Å². The summed E-state index contributed by atoms with van der Waals surface area (Å²) in [6.07, 6.45) is 0.725. The van der Waals surface area contributed by atoms with E-state index in [4.69, 9.17) is 0 Å². The number of alkyl halides is 6. The Balaban J connectivity index is 1.94. The van der Waals surface area contributed by atoms with E-state index in [2.05, 4.69) is 5.10 Å². The summed E-state index contributed by atoms with van der Waals surface area (Å²) in [5.74, 6) is -0.537. The summed E-state index contributed by atoms with van der Waals surface area (Å²) in [4.78, 5) is 0. The van der Waals surface area contributed by atoms with Crippen LogP contribution in [0, 0.1) is 0 Å². The first-order valence-electron chi connectivity index (χ1n) is 10.1. The van der Waals surface area contributed by atoms with Gasteiger partial charge in [-0.15, -0.1) is 0 Å². The summed E-state index contributed by atoms with van der Waals surface area (Å²) in [5, 5.41) is 3.73. The maximum Gasteiger partial charge on any atom is 0.517 e. The van der Waals surface area contributed by atoms with Crippen LogP contribution in [0.5, 0.6) is 0 Å². The molecule has 0 saturated heterocycles. The van der Waals surface area contributed by atoms with Crippen LogP contribution in [0.15, 0.2) is 42.5 Å². The second-order valence-corrected chi connectivity index (χ2v) is 9.53. The van der Waals surface area contributed by atoms with E-state index >= 15 is 0 Å². The van der Waals surface area contributed by atoms with E-state index in [1.807, 2.05) is 0 Å². The molecule has 0 N–H and O–H groups in total. The molecular weight excluding hydrogens is 472 g/mol. The van der Waals surface area contributed by atoms with Crippen molar-refractivity contribution in [2.75, 3.05) is 0 Å². The molecule has 1 unspecified atom stereocenters. The van der Waals surface area contributed by atoms with E-state index in [1.165, 1.54) is 24.3 Å². The van der Waals surface area contributed by atoms with Crippen LogP contribution >= 0.6 is 0 Å². The molecule has 0 amide bonds. The second-order valence-electron chi connectivity index (χ2n) is 7.75. The van der Waals surface area contributed by atoms with E-state index in [1.54, 1.807) is 19.1 Å². The van der Waals surface area contributed by atoms with Gasteiger partial charge in [0.2, 0.25) is 0 Å². The molecule has 1 atom stereocenters. The average molecular weight is 491 g/mol. The largest absolute Gasteiger partial charge is 0.517 e. The summed E-state index contributed by atoms with van der Waals surface area (Å²) in [5.41, 5.74) is -6.44. The predicted octanol–water partition coefficient (Wildman–Crippen LogP) is 6.06. The minimum absolute atomic E-state index is 0.0320. The van der Waals surface area contributed by atoms with Crippen molar-refractivity contribution in [2.24, 2.45) is 0 Å². The molecule has 1 aliphatic rings. The molecule has 4 rings (SSSR count). The first-order valence-corrected chi connectivity index (χ1v) is 11.6. The summed E-state index contributed by atoms with van der Waals surface area (Å²) < 4.78 is 106. The van der Waals surface area contributed by atoms with E-state index in [-0.39, 0.29) is 34.4 Å². The Labute approximate surface area is 185 Å². The molecule has 1 aliphatic carbocycles. The number of hydrogen-bond acceptors (Lipinski definition) is 3. The molecule has 0 radical (unpaired) electrons. The summed E-state index contributed by atoms with van der Waals surface area (Å²) in [7, 11) is -5.73. The van der Waals surface area contributed by atoms with Gasteiger partial charge in [-0.2, -0.15) is 39.9 Å². The molecular formula is C21H19F6N3O2S. The zero-order valence-electron chi connectivity index (χ0n) is 17.3. The van der Waals surface area contributed by atoms with Gasteiger partial charge in [0.15, 0.2) is 5.69 Å². The third kappa shape index (κ3) is 4.04. The zero-order valence-corrected chi connectivity index (χ0v) is 18.1. The van der Waals surface area contributed by atoms with Crippen molar-refractivity contribution in [1.29, 1.82) is 0 Å². The first-order chi connectivity index (χ1) is 15.3. The van der Waals surface area contributed by atoms with Crippen LogP contribution in [0.3, 0.4) is 0 Å². The lowest BCUT2D eigenvalue weighted by atomic mass is 9.93. The Morgan fingerprint density at radius 1 is 1.09 bits per heavy atom. The maximum absolute atomic E-state index is 13.5. The standard InChI is InChI=1S/C21H19F6N3O2S/c1-2-29-17(12-19(28-29)20(22,23)24)14-8-9-16-15(10-14)11-18(13-6-4-3-5-7-13)30(16)33(31,32)21(25,26)27/h4,6,8-13H,2-3,5,7H2,1H3. The summed E-state index contributed by atoms with van der Waals surface area (Å²) in [6.45, 7) is 1.74.